The maximum atomic E-state index is 13.3. The highest BCUT2D eigenvalue weighted by atomic mass is 16.5. The van der Waals surface area contributed by atoms with Crippen molar-refractivity contribution < 1.29 is 14.3 Å². The molecule has 0 aromatic heterocycles. The number of nitrogens with zero attached hydrogens (tertiary/aromatic N) is 3. The Morgan fingerprint density at radius 2 is 1.69 bits per heavy atom. The topological polar surface area (TPSA) is 53.1 Å². The summed E-state index contributed by atoms with van der Waals surface area (Å²) < 4.78 is 5.60. The number of piperazine rings is 1. The lowest BCUT2D eigenvalue weighted by Gasteiger charge is -2.36. The van der Waals surface area contributed by atoms with Crippen LogP contribution in [0.15, 0.2) is 23.9 Å². The summed E-state index contributed by atoms with van der Waals surface area (Å²) in [7, 11) is 0. The van der Waals surface area contributed by atoms with Crippen molar-refractivity contribution in [2.45, 2.75) is 40.7 Å². The molecule has 6 nitrogen and oxygen atoms in total. The van der Waals surface area contributed by atoms with Crippen LogP contribution in [0, 0.1) is 13.8 Å². The SMILES string of the molecule is CCN1CCN(C2=C(c3ccc(C)c(C)c3)C(=O)N(CCOC(C)C)C2=O)CC1. The van der Waals surface area contributed by atoms with Crippen LogP contribution in [0.4, 0.5) is 0 Å². The van der Waals surface area contributed by atoms with Crippen LogP contribution >= 0.6 is 0 Å². The van der Waals surface area contributed by atoms with Gasteiger partial charge in [0.25, 0.3) is 11.8 Å². The first-order valence-corrected chi connectivity index (χ1v) is 10.6. The molecule has 2 heterocycles. The van der Waals surface area contributed by atoms with Crippen molar-refractivity contribution in [1.82, 2.24) is 14.7 Å². The van der Waals surface area contributed by atoms with E-state index >= 15 is 0 Å². The van der Waals surface area contributed by atoms with Gasteiger partial charge in [-0.1, -0.05) is 25.1 Å². The number of amides is 2. The zero-order chi connectivity index (χ0) is 21.1. The largest absolute Gasteiger partial charge is 0.377 e. The first-order valence-electron chi connectivity index (χ1n) is 10.6. The van der Waals surface area contributed by atoms with E-state index in [1.54, 1.807) is 0 Å². The smallest absolute Gasteiger partial charge is 0.277 e. The quantitative estimate of drug-likeness (QED) is 0.659. The molecule has 158 valence electrons. The number of rotatable bonds is 7. The minimum Gasteiger partial charge on any atom is -0.377 e. The number of carbonyl (C=O) groups is 2. The van der Waals surface area contributed by atoms with Gasteiger partial charge in [0.05, 0.1) is 24.8 Å². The summed E-state index contributed by atoms with van der Waals surface area (Å²) in [6, 6.07) is 6.00. The van der Waals surface area contributed by atoms with Gasteiger partial charge in [-0.25, -0.2) is 0 Å². The monoisotopic (exact) mass is 399 g/mol. The molecule has 0 radical (unpaired) electrons. The van der Waals surface area contributed by atoms with Crippen LogP contribution in [0.25, 0.3) is 5.57 Å². The van der Waals surface area contributed by atoms with E-state index in [0.717, 1.165) is 43.9 Å². The van der Waals surface area contributed by atoms with E-state index in [1.807, 2.05) is 39.0 Å². The third-order valence-corrected chi connectivity index (χ3v) is 5.84. The second kappa shape index (κ2) is 9.09. The molecule has 0 atom stereocenters. The Kier molecular flexibility index (Phi) is 6.75. The zero-order valence-electron chi connectivity index (χ0n) is 18.3. The number of imide groups is 1. The number of benzene rings is 1. The van der Waals surface area contributed by atoms with Gasteiger partial charge in [0.15, 0.2) is 0 Å². The first-order chi connectivity index (χ1) is 13.8. The summed E-state index contributed by atoms with van der Waals surface area (Å²) in [6.45, 7) is 15.1. The summed E-state index contributed by atoms with van der Waals surface area (Å²) in [5.41, 5.74) is 4.20. The molecular formula is C23H33N3O3. The fourth-order valence-electron chi connectivity index (χ4n) is 3.88. The molecule has 0 saturated carbocycles. The fraction of sp³-hybridized carbons (Fsp3) is 0.565. The van der Waals surface area contributed by atoms with Gasteiger partial charge < -0.3 is 14.5 Å². The number of ether oxygens (including phenoxy) is 1. The number of hydrogen-bond acceptors (Lipinski definition) is 5. The fourth-order valence-corrected chi connectivity index (χ4v) is 3.88. The second-order valence-electron chi connectivity index (χ2n) is 8.13. The summed E-state index contributed by atoms with van der Waals surface area (Å²) in [6.07, 6.45) is 0.0663. The van der Waals surface area contributed by atoms with Crippen molar-refractivity contribution in [2.75, 3.05) is 45.9 Å². The van der Waals surface area contributed by atoms with Gasteiger partial charge in [-0.3, -0.25) is 14.5 Å². The van der Waals surface area contributed by atoms with E-state index in [4.69, 9.17) is 4.74 Å². The standard InChI is InChI=1S/C23H33N3O3/c1-6-24-9-11-25(12-10-24)21-20(19-8-7-17(4)18(5)15-19)22(27)26(23(21)28)13-14-29-16(2)3/h7-8,15-16H,6,9-14H2,1-5H3. The van der Waals surface area contributed by atoms with E-state index in [2.05, 4.69) is 23.6 Å². The number of likely N-dealkylation sites (N-methyl/N-ethyl adjacent to an activating group) is 1. The zero-order valence-corrected chi connectivity index (χ0v) is 18.3. The minimum atomic E-state index is -0.210. The second-order valence-corrected chi connectivity index (χ2v) is 8.13. The summed E-state index contributed by atoms with van der Waals surface area (Å²) in [4.78, 5) is 32.4. The predicted octanol–water partition coefficient (Wildman–Crippen LogP) is 2.45. The number of carbonyl (C=O) groups excluding carboxylic acids is 2. The molecule has 1 aromatic rings. The van der Waals surface area contributed by atoms with Crippen LogP contribution in [-0.2, 0) is 14.3 Å². The lowest BCUT2D eigenvalue weighted by molar-refractivity contribution is -0.138. The molecule has 3 rings (SSSR count). The maximum Gasteiger partial charge on any atom is 0.277 e. The molecule has 6 heteroatoms. The van der Waals surface area contributed by atoms with Crippen molar-refractivity contribution in [3.63, 3.8) is 0 Å². The average Bonchev–Trinajstić information content (AvgIpc) is 2.94. The first kappa shape index (κ1) is 21.5. The predicted molar refractivity (Wildman–Crippen MR) is 114 cm³/mol. The highest BCUT2D eigenvalue weighted by Crippen LogP contribution is 2.33. The van der Waals surface area contributed by atoms with Crippen LogP contribution in [0.2, 0.25) is 0 Å². The van der Waals surface area contributed by atoms with E-state index in [0.29, 0.717) is 17.9 Å². The van der Waals surface area contributed by atoms with E-state index in [9.17, 15) is 9.59 Å². The normalized spacial score (nSPS) is 18.6. The van der Waals surface area contributed by atoms with E-state index in [1.165, 1.54) is 10.5 Å². The molecule has 0 N–H and O–H groups in total. The Morgan fingerprint density at radius 3 is 2.28 bits per heavy atom. The maximum absolute atomic E-state index is 13.3. The van der Waals surface area contributed by atoms with E-state index in [-0.39, 0.29) is 24.5 Å². The Morgan fingerprint density at radius 1 is 1.00 bits per heavy atom. The van der Waals surface area contributed by atoms with Gasteiger partial charge in [0.1, 0.15) is 5.70 Å². The van der Waals surface area contributed by atoms with Gasteiger partial charge in [-0.05, 0) is 50.9 Å². The van der Waals surface area contributed by atoms with Gasteiger partial charge >= 0.3 is 0 Å². The molecule has 2 aliphatic heterocycles. The molecule has 2 amide bonds. The Balaban J connectivity index is 1.94. The van der Waals surface area contributed by atoms with Gasteiger partial charge in [-0.2, -0.15) is 0 Å². The number of aryl methyl sites for hydroxylation is 2. The average molecular weight is 400 g/mol. The van der Waals surface area contributed by atoms with Crippen LogP contribution in [0.5, 0.6) is 0 Å². The molecule has 2 aliphatic rings. The molecule has 1 saturated heterocycles. The Bertz CT molecular complexity index is 808. The Labute approximate surface area is 174 Å². The van der Waals surface area contributed by atoms with Crippen molar-refractivity contribution in [2.24, 2.45) is 0 Å². The lowest BCUT2D eigenvalue weighted by atomic mass is 9.99. The molecular weight excluding hydrogens is 366 g/mol. The van der Waals surface area contributed by atoms with E-state index < -0.39 is 0 Å². The summed E-state index contributed by atoms with van der Waals surface area (Å²) in [5, 5.41) is 0. The molecule has 0 unspecified atom stereocenters. The van der Waals surface area contributed by atoms with Crippen LogP contribution in [0.3, 0.4) is 0 Å². The van der Waals surface area contributed by atoms with Gasteiger partial charge in [-0.15, -0.1) is 0 Å². The number of hydrogen-bond donors (Lipinski definition) is 0. The molecule has 0 aliphatic carbocycles. The van der Waals surface area contributed by atoms with Crippen LogP contribution < -0.4 is 0 Å². The highest BCUT2D eigenvalue weighted by Gasteiger charge is 2.42. The van der Waals surface area contributed by atoms with Gasteiger partial charge in [0, 0.05) is 26.2 Å². The minimum absolute atomic E-state index is 0.0663. The highest BCUT2D eigenvalue weighted by molar-refractivity contribution is 6.35. The van der Waals surface area contributed by atoms with Gasteiger partial charge in [0.2, 0.25) is 0 Å². The van der Waals surface area contributed by atoms with Crippen LogP contribution in [0.1, 0.15) is 37.5 Å². The molecule has 1 aromatic carbocycles. The Hall–Kier alpha value is -2.18. The van der Waals surface area contributed by atoms with Crippen LogP contribution in [-0.4, -0.2) is 78.5 Å². The third kappa shape index (κ3) is 4.54. The molecule has 1 fully saturated rings. The third-order valence-electron chi connectivity index (χ3n) is 5.84. The summed E-state index contributed by atoms with van der Waals surface area (Å²) in [5.74, 6) is -0.404. The van der Waals surface area contributed by atoms with Crippen molar-refractivity contribution >= 4 is 17.4 Å². The molecule has 29 heavy (non-hydrogen) atoms. The molecule has 0 spiro atoms. The van der Waals surface area contributed by atoms with Crippen molar-refractivity contribution in [3.8, 4) is 0 Å². The molecule has 0 bridgehead atoms. The van der Waals surface area contributed by atoms with Crippen molar-refractivity contribution in [3.05, 3.63) is 40.6 Å². The summed E-state index contributed by atoms with van der Waals surface area (Å²) >= 11 is 0. The van der Waals surface area contributed by atoms with Crippen molar-refractivity contribution in [1.29, 1.82) is 0 Å². The lowest BCUT2D eigenvalue weighted by Crippen LogP contribution is -2.47.